The van der Waals surface area contributed by atoms with Crippen LogP contribution in [0.3, 0.4) is 0 Å². The summed E-state index contributed by atoms with van der Waals surface area (Å²) < 4.78 is 4.87. The number of ether oxygens (including phenoxy) is 1. The third kappa shape index (κ3) is 3.06. The third-order valence-corrected chi connectivity index (χ3v) is 2.14. The molecular formula is C12H17NO2. The number of nitrogens with two attached hydrogens (primary N) is 1. The van der Waals surface area contributed by atoms with Crippen molar-refractivity contribution in [2.75, 3.05) is 6.61 Å². The van der Waals surface area contributed by atoms with Crippen molar-refractivity contribution in [3.63, 3.8) is 0 Å². The van der Waals surface area contributed by atoms with Crippen LogP contribution in [0.15, 0.2) is 18.2 Å². The summed E-state index contributed by atoms with van der Waals surface area (Å²) in [6.07, 6.45) is 0. The van der Waals surface area contributed by atoms with Crippen LogP contribution in [0.5, 0.6) is 0 Å². The van der Waals surface area contributed by atoms with E-state index < -0.39 is 6.04 Å². The molecule has 1 aromatic rings. The number of rotatable bonds is 3. The van der Waals surface area contributed by atoms with Crippen LogP contribution in [0.25, 0.3) is 0 Å². The Morgan fingerprint density at radius 1 is 1.33 bits per heavy atom. The van der Waals surface area contributed by atoms with Crippen LogP contribution in [0.1, 0.15) is 29.7 Å². The lowest BCUT2D eigenvalue weighted by atomic mass is 10.0. The smallest absolute Gasteiger partial charge is 0.327 e. The predicted molar refractivity (Wildman–Crippen MR) is 59.5 cm³/mol. The molecule has 0 aliphatic rings. The molecule has 2 N–H and O–H groups in total. The Labute approximate surface area is 90.2 Å². The van der Waals surface area contributed by atoms with Gasteiger partial charge in [-0.05, 0) is 26.3 Å². The van der Waals surface area contributed by atoms with Crippen LogP contribution >= 0.6 is 0 Å². The van der Waals surface area contributed by atoms with E-state index in [4.69, 9.17) is 10.5 Å². The molecule has 3 nitrogen and oxygen atoms in total. The van der Waals surface area contributed by atoms with Crippen molar-refractivity contribution < 1.29 is 9.53 Å². The number of esters is 1. The Bertz CT molecular complexity index is 340. The molecule has 1 aromatic carbocycles. The van der Waals surface area contributed by atoms with E-state index in [2.05, 4.69) is 0 Å². The number of benzene rings is 1. The predicted octanol–water partition coefficient (Wildman–Crippen LogP) is 1.87. The average Bonchev–Trinajstić information content (AvgIpc) is 2.15. The van der Waals surface area contributed by atoms with Gasteiger partial charge >= 0.3 is 5.97 Å². The molecule has 0 amide bonds. The first-order valence-electron chi connectivity index (χ1n) is 5.05. The summed E-state index contributed by atoms with van der Waals surface area (Å²) in [5.74, 6) is -0.373. The highest BCUT2D eigenvalue weighted by Crippen LogP contribution is 2.16. The van der Waals surface area contributed by atoms with Gasteiger partial charge < -0.3 is 10.5 Å². The van der Waals surface area contributed by atoms with Gasteiger partial charge in [0.1, 0.15) is 6.04 Å². The Kier molecular flexibility index (Phi) is 3.86. The van der Waals surface area contributed by atoms with Crippen molar-refractivity contribution in [3.8, 4) is 0 Å². The van der Waals surface area contributed by atoms with Gasteiger partial charge in [-0.1, -0.05) is 29.3 Å². The van der Waals surface area contributed by atoms with Gasteiger partial charge in [-0.25, -0.2) is 4.79 Å². The van der Waals surface area contributed by atoms with Crippen LogP contribution in [0.2, 0.25) is 0 Å². The first-order valence-corrected chi connectivity index (χ1v) is 5.05. The number of carbonyl (C=O) groups excluding carboxylic acids is 1. The van der Waals surface area contributed by atoms with Crippen molar-refractivity contribution >= 4 is 5.97 Å². The lowest BCUT2D eigenvalue weighted by molar-refractivity contribution is -0.144. The highest BCUT2D eigenvalue weighted by atomic mass is 16.5. The third-order valence-electron chi connectivity index (χ3n) is 2.14. The quantitative estimate of drug-likeness (QED) is 0.770. The molecule has 15 heavy (non-hydrogen) atoms. The monoisotopic (exact) mass is 207 g/mol. The van der Waals surface area contributed by atoms with Crippen LogP contribution in [-0.4, -0.2) is 12.6 Å². The van der Waals surface area contributed by atoms with Crippen molar-refractivity contribution in [1.29, 1.82) is 0 Å². The normalized spacial score (nSPS) is 12.3. The van der Waals surface area contributed by atoms with Gasteiger partial charge in [-0.3, -0.25) is 0 Å². The van der Waals surface area contributed by atoms with E-state index in [9.17, 15) is 4.79 Å². The standard InChI is InChI=1S/C12H17NO2/c1-4-15-12(14)11(13)10-6-8(2)5-9(3)7-10/h5-7,11H,4,13H2,1-3H3. The molecule has 1 atom stereocenters. The van der Waals surface area contributed by atoms with Crippen molar-refractivity contribution in [2.45, 2.75) is 26.8 Å². The first-order chi connectivity index (χ1) is 7.04. The van der Waals surface area contributed by atoms with Crippen molar-refractivity contribution in [3.05, 3.63) is 34.9 Å². The van der Waals surface area contributed by atoms with Crippen LogP contribution < -0.4 is 5.73 Å². The van der Waals surface area contributed by atoms with E-state index in [0.717, 1.165) is 16.7 Å². The lowest BCUT2D eigenvalue weighted by Gasteiger charge is -2.12. The lowest BCUT2D eigenvalue weighted by Crippen LogP contribution is -2.23. The van der Waals surface area contributed by atoms with Gasteiger partial charge in [0.2, 0.25) is 0 Å². The van der Waals surface area contributed by atoms with E-state index in [1.54, 1.807) is 6.92 Å². The fourth-order valence-electron chi connectivity index (χ4n) is 1.56. The van der Waals surface area contributed by atoms with Gasteiger partial charge in [0.05, 0.1) is 6.61 Å². The van der Waals surface area contributed by atoms with Crippen LogP contribution in [-0.2, 0) is 9.53 Å². The molecule has 0 aliphatic heterocycles. The summed E-state index contributed by atoms with van der Waals surface area (Å²) in [6.45, 7) is 6.09. The minimum absolute atomic E-state index is 0.358. The largest absolute Gasteiger partial charge is 0.465 e. The van der Waals surface area contributed by atoms with E-state index in [1.165, 1.54) is 0 Å². The molecule has 0 fully saturated rings. The van der Waals surface area contributed by atoms with Crippen LogP contribution in [0.4, 0.5) is 0 Å². The zero-order valence-corrected chi connectivity index (χ0v) is 9.41. The van der Waals surface area contributed by atoms with E-state index in [1.807, 2.05) is 32.0 Å². The highest BCUT2D eigenvalue weighted by molar-refractivity contribution is 5.77. The summed E-state index contributed by atoms with van der Waals surface area (Å²) >= 11 is 0. The van der Waals surface area contributed by atoms with E-state index >= 15 is 0 Å². The molecule has 0 aliphatic carbocycles. The topological polar surface area (TPSA) is 52.3 Å². The molecule has 82 valence electrons. The number of aryl methyl sites for hydroxylation is 2. The maximum atomic E-state index is 11.4. The molecule has 1 unspecified atom stereocenters. The van der Waals surface area contributed by atoms with Crippen molar-refractivity contribution in [1.82, 2.24) is 0 Å². The Balaban J connectivity index is 2.90. The highest BCUT2D eigenvalue weighted by Gasteiger charge is 2.16. The fourth-order valence-corrected chi connectivity index (χ4v) is 1.56. The summed E-state index contributed by atoms with van der Waals surface area (Å²) in [6, 6.07) is 5.19. The summed E-state index contributed by atoms with van der Waals surface area (Å²) in [5.41, 5.74) is 8.80. The minimum atomic E-state index is -0.677. The number of hydrogen-bond donors (Lipinski definition) is 1. The zero-order chi connectivity index (χ0) is 11.4. The minimum Gasteiger partial charge on any atom is -0.465 e. The molecule has 1 rings (SSSR count). The van der Waals surface area contributed by atoms with Gasteiger partial charge in [-0.15, -0.1) is 0 Å². The Morgan fingerprint density at radius 2 is 1.87 bits per heavy atom. The molecule has 0 heterocycles. The van der Waals surface area contributed by atoms with E-state index in [-0.39, 0.29) is 5.97 Å². The first kappa shape index (κ1) is 11.7. The molecule has 0 radical (unpaired) electrons. The number of hydrogen-bond acceptors (Lipinski definition) is 3. The fraction of sp³-hybridized carbons (Fsp3) is 0.417. The molecule has 0 saturated heterocycles. The Morgan fingerprint density at radius 3 is 2.33 bits per heavy atom. The van der Waals surface area contributed by atoms with Crippen LogP contribution in [0, 0.1) is 13.8 Å². The van der Waals surface area contributed by atoms with Gasteiger partial charge in [0.25, 0.3) is 0 Å². The maximum Gasteiger partial charge on any atom is 0.327 e. The summed E-state index contributed by atoms with van der Waals surface area (Å²) in [7, 11) is 0. The van der Waals surface area contributed by atoms with E-state index in [0.29, 0.717) is 6.61 Å². The number of carbonyl (C=O) groups is 1. The Hall–Kier alpha value is -1.35. The van der Waals surface area contributed by atoms with Gasteiger partial charge in [0, 0.05) is 0 Å². The molecular weight excluding hydrogens is 190 g/mol. The molecule has 0 bridgehead atoms. The molecule has 0 spiro atoms. The van der Waals surface area contributed by atoms with Crippen molar-refractivity contribution in [2.24, 2.45) is 5.73 Å². The SMILES string of the molecule is CCOC(=O)C(N)c1cc(C)cc(C)c1. The summed E-state index contributed by atoms with van der Waals surface area (Å²) in [4.78, 5) is 11.4. The maximum absolute atomic E-state index is 11.4. The molecule has 0 saturated carbocycles. The van der Waals surface area contributed by atoms with Gasteiger partial charge in [0.15, 0.2) is 0 Å². The summed E-state index contributed by atoms with van der Waals surface area (Å²) in [5, 5.41) is 0. The zero-order valence-electron chi connectivity index (χ0n) is 9.41. The van der Waals surface area contributed by atoms with Gasteiger partial charge in [-0.2, -0.15) is 0 Å². The second kappa shape index (κ2) is 4.94. The second-order valence-electron chi connectivity index (χ2n) is 3.65. The second-order valence-corrected chi connectivity index (χ2v) is 3.65. The average molecular weight is 207 g/mol. The molecule has 0 aromatic heterocycles. The molecule has 3 heteroatoms.